The Morgan fingerprint density at radius 2 is 2.04 bits per heavy atom. The number of hydrogen-bond donors (Lipinski definition) is 0. The summed E-state index contributed by atoms with van der Waals surface area (Å²) >= 11 is 0. The zero-order valence-corrected chi connectivity index (χ0v) is 14.0. The lowest BCUT2D eigenvalue weighted by molar-refractivity contribution is 0.489. The number of rotatable bonds is 3. The van der Waals surface area contributed by atoms with Crippen LogP contribution in [0.3, 0.4) is 0 Å². The molecule has 0 N–H and O–H groups in total. The summed E-state index contributed by atoms with van der Waals surface area (Å²) in [4.78, 5) is 19.0. The highest BCUT2D eigenvalue weighted by molar-refractivity contribution is 7.90. The number of aryl methyl sites for hydroxylation is 1. The third-order valence-corrected chi connectivity index (χ3v) is 5.14. The van der Waals surface area contributed by atoms with E-state index in [2.05, 4.69) is 24.8 Å². The van der Waals surface area contributed by atoms with Gasteiger partial charge in [0.1, 0.15) is 23.4 Å². The van der Waals surface area contributed by atoms with Crippen LogP contribution in [-0.2, 0) is 9.84 Å². The fraction of sp³-hybridized carbons (Fsp3) is 0.467. The third kappa shape index (κ3) is 3.47. The standard InChI is InChI=1S/C15H19N5O2S/c1-11-6-14(18-10-17-11)20-5-3-4-12(8-20)15-13(23(2,21)22)7-16-9-19-15/h6-7,9-10,12H,3-5,8H2,1-2H3/t12-/m1/s1. The van der Waals surface area contributed by atoms with Crippen molar-refractivity contribution in [1.29, 1.82) is 0 Å². The Labute approximate surface area is 135 Å². The van der Waals surface area contributed by atoms with Gasteiger partial charge in [-0.15, -0.1) is 0 Å². The Morgan fingerprint density at radius 3 is 2.78 bits per heavy atom. The molecule has 0 saturated carbocycles. The van der Waals surface area contributed by atoms with Crippen LogP contribution in [0.1, 0.15) is 30.1 Å². The van der Waals surface area contributed by atoms with Gasteiger partial charge < -0.3 is 4.90 Å². The van der Waals surface area contributed by atoms with E-state index in [1.54, 1.807) is 6.33 Å². The van der Waals surface area contributed by atoms with Gasteiger partial charge in [-0.1, -0.05) is 0 Å². The maximum Gasteiger partial charge on any atom is 0.178 e. The summed E-state index contributed by atoms with van der Waals surface area (Å²) in [6.07, 6.45) is 7.43. The minimum atomic E-state index is -3.34. The molecule has 122 valence electrons. The molecular formula is C15H19N5O2S. The van der Waals surface area contributed by atoms with Crippen molar-refractivity contribution in [3.8, 4) is 0 Å². The Hall–Kier alpha value is -2.09. The molecule has 1 aliphatic rings. The van der Waals surface area contributed by atoms with E-state index in [9.17, 15) is 8.42 Å². The van der Waals surface area contributed by atoms with Gasteiger partial charge in [0.05, 0.1) is 5.69 Å². The molecular weight excluding hydrogens is 314 g/mol. The summed E-state index contributed by atoms with van der Waals surface area (Å²) in [6.45, 7) is 3.51. The zero-order valence-electron chi connectivity index (χ0n) is 13.2. The Balaban J connectivity index is 1.91. The molecule has 0 bridgehead atoms. The van der Waals surface area contributed by atoms with E-state index in [1.807, 2.05) is 13.0 Å². The Kier molecular flexibility index (Phi) is 4.25. The molecule has 2 aromatic heterocycles. The molecule has 3 heterocycles. The number of aromatic nitrogens is 4. The van der Waals surface area contributed by atoms with Gasteiger partial charge in [-0.25, -0.2) is 28.4 Å². The van der Waals surface area contributed by atoms with Crippen LogP contribution in [-0.4, -0.2) is 47.7 Å². The minimum Gasteiger partial charge on any atom is -0.356 e. The number of anilines is 1. The van der Waals surface area contributed by atoms with Crippen molar-refractivity contribution in [2.45, 2.75) is 30.6 Å². The van der Waals surface area contributed by atoms with Crippen LogP contribution < -0.4 is 4.90 Å². The molecule has 0 amide bonds. The molecule has 0 aromatic carbocycles. The van der Waals surface area contributed by atoms with E-state index < -0.39 is 9.84 Å². The molecule has 3 rings (SSSR count). The molecule has 8 heteroatoms. The van der Waals surface area contributed by atoms with Crippen LogP contribution in [0, 0.1) is 6.92 Å². The smallest absolute Gasteiger partial charge is 0.178 e. The largest absolute Gasteiger partial charge is 0.356 e. The van der Waals surface area contributed by atoms with E-state index in [1.165, 1.54) is 18.8 Å². The van der Waals surface area contributed by atoms with Gasteiger partial charge in [-0.2, -0.15) is 0 Å². The summed E-state index contributed by atoms with van der Waals surface area (Å²) in [6, 6.07) is 1.94. The van der Waals surface area contributed by atoms with Crippen molar-refractivity contribution in [2.75, 3.05) is 24.2 Å². The molecule has 1 aliphatic heterocycles. The quantitative estimate of drug-likeness (QED) is 0.838. The number of nitrogens with zero attached hydrogens (tertiary/aromatic N) is 5. The van der Waals surface area contributed by atoms with Crippen molar-refractivity contribution >= 4 is 15.7 Å². The molecule has 0 spiro atoms. The summed E-state index contributed by atoms with van der Waals surface area (Å²) in [7, 11) is -3.34. The van der Waals surface area contributed by atoms with Gasteiger partial charge in [0.25, 0.3) is 0 Å². The highest BCUT2D eigenvalue weighted by atomic mass is 32.2. The van der Waals surface area contributed by atoms with Gasteiger partial charge >= 0.3 is 0 Å². The number of hydrogen-bond acceptors (Lipinski definition) is 7. The molecule has 0 aliphatic carbocycles. The second-order valence-corrected chi connectivity index (χ2v) is 7.83. The number of sulfone groups is 1. The maximum absolute atomic E-state index is 12.0. The first-order valence-corrected chi connectivity index (χ1v) is 9.38. The molecule has 0 radical (unpaired) electrons. The van der Waals surface area contributed by atoms with E-state index >= 15 is 0 Å². The predicted octanol–water partition coefficient (Wildman–Crippen LogP) is 1.36. The van der Waals surface area contributed by atoms with Crippen LogP contribution in [0.4, 0.5) is 5.82 Å². The van der Waals surface area contributed by atoms with E-state index in [0.717, 1.165) is 30.9 Å². The minimum absolute atomic E-state index is 0.0479. The molecule has 0 unspecified atom stereocenters. The van der Waals surface area contributed by atoms with E-state index in [-0.39, 0.29) is 10.8 Å². The molecule has 2 aromatic rings. The lowest BCUT2D eigenvalue weighted by Crippen LogP contribution is -2.35. The van der Waals surface area contributed by atoms with Crippen molar-refractivity contribution in [1.82, 2.24) is 19.9 Å². The summed E-state index contributed by atoms with van der Waals surface area (Å²) in [5.74, 6) is 0.920. The van der Waals surface area contributed by atoms with Crippen molar-refractivity contribution in [3.05, 3.63) is 36.3 Å². The first-order valence-electron chi connectivity index (χ1n) is 7.48. The summed E-state index contributed by atoms with van der Waals surface area (Å²) in [5.41, 5.74) is 1.52. The van der Waals surface area contributed by atoms with Gasteiger partial charge in [0.2, 0.25) is 0 Å². The lowest BCUT2D eigenvalue weighted by Gasteiger charge is -2.33. The van der Waals surface area contributed by atoms with Crippen LogP contribution in [0.25, 0.3) is 0 Å². The second kappa shape index (κ2) is 6.19. The summed E-state index contributed by atoms with van der Waals surface area (Å²) < 4.78 is 24.0. The monoisotopic (exact) mass is 333 g/mol. The van der Waals surface area contributed by atoms with Gasteiger partial charge in [0, 0.05) is 43.2 Å². The average Bonchev–Trinajstić information content (AvgIpc) is 2.54. The van der Waals surface area contributed by atoms with Crippen LogP contribution in [0.5, 0.6) is 0 Å². The first-order chi connectivity index (χ1) is 10.9. The van der Waals surface area contributed by atoms with Crippen LogP contribution >= 0.6 is 0 Å². The SMILES string of the molecule is Cc1cc(N2CCC[C@@H](c3ncncc3S(C)(=O)=O)C2)ncn1. The maximum atomic E-state index is 12.0. The Morgan fingerprint density at radius 1 is 1.22 bits per heavy atom. The highest BCUT2D eigenvalue weighted by Gasteiger charge is 2.28. The molecule has 23 heavy (non-hydrogen) atoms. The first kappa shape index (κ1) is 15.8. The summed E-state index contributed by atoms with van der Waals surface area (Å²) in [5, 5.41) is 0. The molecule has 1 atom stereocenters. The topological polar surface area (TPSA) is 88.9 Å². The van der Waals surface area contributed by atoms with Crippen molar-refractivity contribution < 1.29 is 8.42 Å². The van der Waals surface area contributed by atoms with Gasteiger partial charge in [-0.3, -0.25) is 0 Å². The Bertz CT molecular complexity index is 809. The van der Waals surface area contributed by atoms with E-state index in [4.69, 9.17) is 0 Å². The predicted molar refractivity (Wildman–Crippen MR) is 86.1 cm³/mol. The fourth-order valence-electron chi connectivity index (χ4n) is 2.94. The van der Waals surface area contributed by atoms with Gasteiger partial charge in [-0.05, 0) is 19.8 Å². The van der Waals surface area contributed by atoms with Crippen LogP contribution in [0.15, 0.2) is 29.8 Å². The zero-order chi connectivity index (χ0) is 16.4. The highest BCUT2D eigenvalue weighted by Crippen LogP contribution is 2.31. The van der Waals surface area contributed by atoms with Gasteiger partial charge in [0.15, 0.2) is 9.84 Å². The lowest BCUT2D eigenvalue weighted by atomic mass is 9.94. The van der Waals surface area contributed by atoms with Crippen LogP contribution in [0.2, 0.25) is 0 Å². The molecule has 7 nitrogen and oxygen atoms in total. The molecule has 1 saturated heterocycles. The van der Waals surface area contributed by atoms with Crippen molar-refractivity contribution in [2.24, 2.45) is 0 Å². The van der Waals surface area contributed by atoms with E-state index in [0.29, 0.717) is 12.2 Å². The second-order valence-electron chi connectivity index (χ2n) is 5.85. The van der Waals surface area contributed by atoms with Crippen molar-refractivity contribution in [3.63, 3.8) is 0 Å². The fourth-order valence-corrected chi connectivity index (χ4v) is 3.79. The average molecular weight is 333 g/mol. The molecule has 1 fully saturated rings. The number of piperidine rings is 1. The normalized spacial score (nSPS) is 18.9. The third-order valence-electron chi connectivity index (χ3n) is 4.03.